The largest absolute Gasteiger partial charge is 0.490 e. The van der Waals surface area contributed by atoms with Crippen LogP contribution in [0.5, 0.6) is 5.75 Å². The summed E-state index contributed by atoms with van der Waals surface area (Å²) in [5.74, 6) is 1.62. The van der Waals surface area contributed by atoms with Gasteiger partial charge in [0.2, 0.25) is 0 Å². The van der Waals surface area contributed by atoms with Gasteiger partial charge < -0.3 is 10.5 Å². The summed E-state index contributed by atoms with van der Waals surface area (Å²) in [5.41, 5.74) is 7.99. The highest BCUT2D eigenvalue weighted by molar-refractivity contribution is 5.73. The highest BCUT2D eigenvalue weighted by Gasteiger charge is 2.18. The lowest BCUT2D eigenvalue weighted by Gasteiger charge is -2.26. The van der Waals surface area contributed by atoms with Crippen molar-refractivity contribution in [2.75, 3.05) is 5.73 Å². The molecule has 0 radical (unpaired) electrons. The number of hydrogen-bond donors (Lipinski definition) is 1. The zero-order chi connectivity index (χ0) is 12.5. The smallest absolute Gasteiger partial charge is 0.129 e. The topological polar surface area (TPSA) is 53.1 Å². The molecule has 4 heteroatoms. The maximum atomic E-state index is 5.95. The van der Waals surface area contributed by atoms with Gasteiger partial charge in [-0.3, -0.25) is 4.68 Å². The lowest BCUT2D eigenvalue weighted by atomic mass is 9.96. The Morgan fingerprint density at radius 1 is 1.28 bits per heavy atom. The molecule has 2 N–H and O–H groups in total. The summed E-state index contributed by atoms with van der Waals surface area (Å²) in [4.78, 5) is 0. The van der Waals surface area contributed by atoms with Gasteiger partial charge in [0.15, 0.2) is 0 Å². The van der Waals surface area contributed by atoms with E-state index in [1.165, 1.54) is 19.3 Å². The predicted molar refractivity (Wildman–Crippen MR) is 71.3 cm³/mol. The molecule has 1 heterocycles. The fourth-order valence-electron chi connectivity index (χ4n) is 2.06. The standard InChI is InChI=1S/C14H17N3O/c1-17-14(15)13(9-16-17)10-5-7-12(8-6-10)18-11-3-2-4-11/h5-9,11H,2-4,15H2,1H3. The second-order valence-corrected chi connectivity index (χ2v) is 4.76. The van der Waals surface area contributed by atoms with Crippen molar-refractivity contribution in [2.45, 2.75) is 25.4 Å². The van der Waals surface area contributed by atoms with Crippen LogP contribution in [0.25, 0.3) is 11.1 Å². The molecule has 0 amide bonds. The van der Waals surface area contributed by atoms with Gasteiger partial charge in [0.1, 0.15) is 11.6 Å². The fourth-order valence-corrected chi connectivity index (χ4v) is 2.06. The van der Waals surface area contributed by atoms with Crippen LogP contribution in [0.3, 0.4) is 0 Å². The van der Waals surface area contributed by atoms with Crippen LogP contribution in [0, 0.1) is 0 Å². The van der Waals surface area contributed by atoms with Gasteiger partial charge in [-0.05, 0) is 37.0 Å². The molecule has 1 aliphatic rings. The number of nitrogens with two attached hydrogens (primary N) is 1. The number of benzene rings is 1. The van der Waals surface area contributed by atoms with Gasteiger partial charge in [0.05, 0.1) is 12.3 Å². The summed E-state index contributed by atoms with van der Waals surface area (Å²) >= 11 is 0. The monoisotopic (exact) mass is 243 g/mol. The molecule has 1 fully saturated rings. The number of aromatic nitrogens is 2. The number of anilines is 1. The molecule has 0 saturated heterocycles. The summed E-state index contributed by atoms with van der Waals surface area (Å²) in [6, 6.07) is 8.06. The van der Waals surface area contributed by atoms with Gasteiger partial charge in [-0.25, -0.2) is 0 Å². The van der Waals surface area contributed by atoms with Crippen LogP contribution in [-0.2, 0) is 7.05 Å². The molecule has 1 aliphatic carbocycles. The quantitative estimate of drug-likeness (QED) is 0.901. The molecule has 4 nitrogen and oxygen atoms in total. The minimum Gasteiger partial charge on any atom is -0.490 e. The minimum atomic E-state index is 0.416. The van der Waals surface area contributed by atoms with Crippen molar-refractivity contribution in [1.82, 2.24) is 9.78 Å². The Hall–Kier alpha value is -1.97. The molecule has 0 spiro atoms. The molecule has 0 bridgehead atoms. The summed E-state index contributed by atoms with van der Waals surface area (Å²) in [6.07, 6.45) is 5.85. The van der Waals surface area contributed by atoms with E-state index in [4.69, 9.17) is 10.5 Å². The van der Waals surface area contributed by atoms with Crippen LogP contribution in [0.4, 0.5) is 5.82 Å². The zero-order valence-electron chi connectivity index (χ0n) is 10.5. The first-order valence-corrected chi connectivity index (χ1v) is 6.28. The Labute approximate surface area is 106 Å². The van der Waals surface area contributed by atoms with Crippen molar-refractivity contribution in [3.05, 3.63) is 30.5 Å². The molecule has 1 aromatic carbocycles. The van der Waals surface area contributed by atoms with E-state index < -0.39 is 0 Å². The highest BCUT2D eigenvalue weighted by atomic mass is 16.5. The van der Waals surface area contributed by atoms with Crippen molar-refractivity contribution in [3.63, 3.8) is 0 Å². The third kappa shape index (κ3) is 1.94. The summed E-state index contributed by atoms with van der Waals surface area (Å²) in [5, 5.41) is 4.15. The Morgan fingerprint density at radius 3 is 2.50 bits per heavy atom. The molecule has 0 aliphatic heterocycles. The first-order chi connectivity index (χ1) is 8.74. The van der Waals surface area contributed by atoms with E-state index in [-0.39, 0.29) is 0 Å². The number of nitrogen functional groups attached to an aromatic ring is 1. The average molecular weight is 243 g/mol. The number of ether oxygens (including phenoxy) is 1. The lowest BCUT2D eigenvalue weighted by molar-refractivity contribution is 0.120. The van der Waals surface area contributed by atoms with E-state index in [1.54, 1.807) is 10.9 Å². The predicted octanol–water partition coefficient (Wildman–Crippen LogP) is 2.60. The number of aryl methyl sites for hydroxylation is 1. The van der Waals surface area contributed by atoms with Gasteiger partial charge in [-0.2, -0.15) is 5.10 Å². The van der Waals surface area contributed by atoms with Gasteiger partial charge in [0, 0.05) is 12.6 Å². The second-order valence-electron chi connectivity index (χ2n) is 4.76. The average Bonchev–Trinajstić information content (AvgIpc) is 2.66. The van der Waals surface area contributed by atoms with Crippen LogP contribution in [0.1, 0.15) is 19.3 Å². The molecule has 94 valence electrons. The second kappa shape index (κ2) is 4.37. The highest BCUT2D eigenvalue weighted by Crippen LogP contribution is 2.29. The molecular formula is C14H17N3O. The maximum absolute atomic E-state index is 5.95. The van der Waals surface area contributed by atoms with E-state index >= 15 is 0 Å². The van der Waals surface area contributed by atoms with Crippen LogP contribution in [-0.4, -0.2) is 15.9 Å². The molecule has 1 aromatic heterocycles. The molecule has 0 unspecified atom stereocenters. The van der Waals surface area contributed by atoms with Crippen LogP contribution < -0.4 is 10.5 Å². The van der Waals surface area contributed by atoms with Gasteiger partial charge in [-0.1, -0.05) is 12.1 Å². The van der Waals surface area contributed by atoms with E-state index in [2.05, 4.69) is 5.10 Å². The van der Waals surface area contributed by atoms with Gasteiger partial charge in [-0.15, -0.1) is 0 Å². The molecule has 18 heavy (non-hydrogen) atoms. The lowest BCUT2D eigenvalue weighted by Crippen LogP contribution is -2.24. The van der Waals surface area contributed by atoms with Crippen molar-refractivity contribution in [1.29, 1.82) is 0 Å². The fraction of sp³-hybridized carbons (Fsp3) is 0.357. The zero-order valence-corrected chi connectivity index (χ0v) is 10.5. The summed E-state index contributed by atoms with van der Waals surface area (Å²) < 4.78 is 7.50. The SMILES string of the molecule is Cn1ncc(-c2ccc(OC3CCC3)cc2)c1N. The van der Waals surface area contributed by atoms with E-state index in [9.17, 15) is 0 Å². The summed E-state index contributed by atoms with van der Waals surface area (Å²) in [7, 11) is 1.84. The Bertz CT molecular complexity index is 541. The van der Waals surface area contributed by atoms with Crippen LogP contribution in [0.2, 0.25) is 0 Å². The normalized spacial score (nSPS) is 15.4. The maximum Gasteiger partial charge on any atom is 0.129 e. The van der Waals surface area contributed by atoms with Crippen molar-refractivity contribution >= 4 is 5.82 Å². The molecule has 1 saturated carbocycles. The van der Waals surface area contributed by atoms with E-state index in [0.29, 0.717) is 11.9 Å². The molecule has 0 atom stereocenters. The minimum absolute atomic E-state index is 0.416. The number of hydrogen-bond acceptors (Lipinski definition) is 3. The molecule has 3 rings (SSSR count). The first kappa shape index (κ1) is 11.1. The third-order valence-corrected chi connectivity index (χ3v) is 3.50. The first-order valence-electron chi connectivity index (χ1n) is 6.28. The summed E-state index contributed by atoms with van der Waals surface area (Å²) in [6.45, 7) is 0. The molecular weight excluding hydrogens is 226 g/mol. The van der Waals surface area contributed by atoms with Gasteiger partial charge in [0.25, 0.3) is 0 Å². The Morgan fingerprint density at radius 2 is 2.00 bits per heavy atom. The van der Waals surface area contributed by atoms with E-state index in [0.717, 1.165) is 16.9 Å². The third-order valence-electron chi connectivity index (χ3n) is 3.50. The van der Waals surface area contributed by atoms with Crippen LogP contribution in [0.15, 0.2) is 30.5 Å². The van der Waals surface area contributed by atoms with Crippen molar-refractivity contribution in [3.8, 4) is 16.9 Å². The van der Waals surface area contributed by atoms with E-state index in [1.807, 2.05) is 31.3 Å². The number of nitrogens with zero attached hydrogens (tertiary/aromatic N) is 2. The van der Waals surface area contributed by atoms with Crippen molar-refractivity contribution in [2.24, 2.45) is 7.05 Å². The van der Waals surface area contributed by atoms with Gasteiger partial charge >= 0.3 is 0 Å². The van der Waals surface area contributed by atoms with Crippen LogP contribution >= 0.6 is 0 Å². The number of rotatable bonds is 3. The van der Waals surface area contributed by atoms with Crippen molar-refractivity contribution < 1.29 is 4.74 Å². The Balaban J connectivity index is 1.79. The molecule has 2 aromatic rings. The Kier molecular flexibility index (Phi) is 2.70.